The molecule has 1 heterocycles. The van der Waals surface area contributed by atoms with E-state index < -0.39 is 10.0 Å². The van der Waals surface area contributed by atoms with E-state index in [9.17, 15) is 13.2 Å². The topological polar surface area (TPSA) is 84.9 Å². The van der Waals surface area contributed by atoms with E-state index in [1.54, 1.807) is 12.1 Å². The highest BCUT2D eigenvalue weighted by Crippen LogP contribution is 2.22. The summed E-state index contributed by atoms with van der Waals surface area (Å²) in [5.74, 6) is 0.560. The molecule has 0 aliphatic carbocycles. The number of nitrogens with one attached hydrogen (secondary N) is 1. The molecule has 1 aliphatic heterocycles. The van der Waals surface area contributed by atoms with E-state index in [1.165, 1.54) is 22.0 Å². The van der Waals surface area contributed by atoms with Crippen LogP contribution >= 0.6 is 0 Å². The normalized spacial score (nSPS) is 20.2. The zero-order chi connectivity index (χ0) is 24.9. The molecule has 3 atom stereocenters. The van der Waals surface area contributed by atoms with Gasteiger partial charge in [-0.15, -0.1) is 0 Å². The van der Waals surface area contributed by atoms with E-state index in [-0.39, 0.29) is 35.2 Å². The number of nitrogens with zero attached hydrogens (tertiary/aromatic N) is 1. The molecule has 1 aliphatic rings. The summed E-state index contributed by atoms with van der Waals surface area (Å²) < 4.78 is 39.1. The van der Waals surface area contributed by atoms with Gasteiger partial charge in [0, 0.05) is 24.7 Å². The summed E-state index contributed by atoms with van der Waals surface area (Å²) in [7, 11) is -3.71. The SMILES string of the molecule is CC(CCc1ccc(OC(C)C)cc1)NC(=O)c1cccc(S(=O)(=O)N2CC(C)OC(C)C2)c1. The molecular formula is C26H36N2O5S. The van der Waals surface area contributed by atoms with Gasteiger partial charge in [0.1, 0.15) is 5.75 Å². The maximum Gasteiger partial charge on any atom is 0.251 e. The number of aryl methyl sites for hydroxylation is 1. The van der Waals surface area contributed by atoms with Crippen LogP contribution in [0.25, 0.3) is 0 Å². The van der Waals surface area contributed by atoms with Gasteiger partial charge < -0.3 is 14.8 Å². The Morgan fingerprint density at radius 1 is 1.09 bits per heavy atom. The van der Waals surface area contributed by atoms with Crippen molar-refractivity contribution in [3.8, 4) is 5.75 Å². The number of hydrogen-bond acceptors (Lipinski definition) is 5. The van der Waals surface area contributed by atoms with Gasteiger partial charge in [-0.25, -0.2) is 8.42 Å². The van der Waals surface area contributed by atoms with Gasteiger partial charge in [0.05, 0.1) is 23.2 Å². The van der Waals surface area contributed by atoms with Crippen LogP contribution in [0, 0.1) is 0 Å². The van der Waals surface area contributed by atoms with Crippen LogP contribution in [0.4, 0.5) is 0 Å². The third kappa shape index (κ3) is 7.04. The van der Waals surface area contributed by atoms with E-state index in [1.807, 2.05) is 58.9 Å². The molecule has 0 bridgehead atoms. The van der Waals surface area contributed by atoms with Crippen molar-refractivity contribution >= 4 is 15.9 Å². The fourth-order valence-electron chi connectivity index (χ4n) is 4.04. The number of carbonyl (C=O) groups excluding carboxylic acids is 1. The Morgan fingerprint density at radius 3 is 2.35 bits per heavy atom. The van der Waals surface area contributed by atoms with Crippen LogP contribution in [-0.2, 0) is 21.2 Å². The van der Waals surface area contributed by atoms with E-state index >= 15 is 0 Å². The maximum absolute atomic E-state index is 13.1. The largest absolute Gasteiger partial charge is 0.491 e. The van der Waals surface area contributed by atoms with Crippen molar-refractivity contribution in [3.63, 3.8) is 0 Å². The molecule has 0 aromatic heterocycles. The highest BCUT2D eigenvalue weighted by molar-refractivity contribution is 7.89. The molecule has 1 saturated heterocycles. The lowest BCUT2D eigenvalue weighted by Crippen LogP contribution is -2.48. The molecule has 2 aromatic rings. The van der Waals surface area contributed by atoms with Crippen LogP contribution in [0.2, 0.25) is 0 Å². The molecule has 1 amide bonds. The Kier molecular flexibility index (Phi) is 8.73. The number of amides is 1. The molecule has 3 rings (SSSR count). The van der Waals surface area contributed by atoms with Gasteiger partial charge in [0.15, 0.2) is 0 Å². The summed E-state index contributed by atoms with van der Waals surface area (Å²) in [5.41, 5.74) is 1.50. The number of benzene rings is 2. The Hall–Kier alpha value is -2.42. The lowest BCUT2D eigenvalue weighted by Gasteiger charge is -2.34. The number of sulfonamides is 1. The summed E-state index contributed by atoms with van der Waals surface area (Å²) in [6, 6.07) is 14.2. The fraction of sp³-hybridized carbons (Fsp3) is 0.500. The summed E-state index contributed by atoms with van der Waals surface area (Å²) in [4.78, 5) is 12.9. The molecule has 0 spiro atoms. The van der Waals surface area contributed by atoms with Crippen LogP contribution in [0.5, 0.6) is 5.75 Å². The minimum Gasteiger partial charge on any atom is -0.491 e. The maximum atomic E-state index is 13.1. The van der Waals surface area contributed by atoms with E-state index in [0.29, 0.717) is 18.7 Å². The third-order valence-corrected chi connectivity index (χ3v) is 7.49. The molecule has 8 heteroatoms. The van der Waals surface area contributed by atoms with Crippen molar-refractivity contribution in [1.29, 1.82) is 0 Å². The average molecular weight is 489 g/mol. The second-order valence-corrected chi connectivity index (χ2v) is 11.3. The fourth-order valence-corrected chi connectivity index (χ4v) is 5.68. The summed E-state index contributed by atoms with van der Waals surface area (Å²) in [5, 5.41) is 2.98. The van der Waals surface area contributed by atoms with Crippen LogP contribution in [-0.4, -0.2) is 56.1 Å². The van der Waals surface area contributed by atoms with Crippen molar-refractivity contribution in [2.75, 3.05) is 13.1 Å². The average Bonchev–Trinajstić information content (AvgIpc) is 2.77. The molecule has 0 radical (unpaired) electrons. The number of ether oxygens (including phenoxy) is 2. The smallest absolute Gasteiger partial charge is 0.251 e. The van der Waals surface area contributed by atoms with Crippen molar-refractivity contribution in [2.24, 2.45) is 0 Å². The first-order valence-corrected chi connectivity index (χ1v) is 13.3. The van der Waals surface area contributed by atoms with Crippen LogP contribution in [0.15, 0.2) is 53.4 Å². The van der Waals surface area contributed by atoms with Crippen molar-refractivity contribution in [2.45, 2.75) is 76.7 Å². The Morgan fingerprint density at radius 2 is 1.74 bits per heavy atom. The Bertz CT molecular complexity index is 1060. The van der Waals surface area contributed by atoms with Gasteiger partial charge in [-0.05, 0) is 83.4 Å². The first-order valence-electron chi connectivity index (χ1n) is 11.9. The zero-order valence-electron chi connectivity index (χ0n) is 20.7. The van der Waals surface area contributed by atoms with Crippen LogP contribution < -0.4 is 10.1 Å². The standard InChI is InChI=1S/C26H36N2O5S/c1-18(2)32-24-13-11-22(12-14-24)10-9-19(3)27-26(29)23-7-6-8-25(15-23)34(30,31)28-16-20(4)33-21(5)17-28/h6-8,11-15,18-21H,9-10,16-17H2,1-5H3,(H,27,29). The first kappa shape index (κ1) is 26.2. The Balaban J connectivity index is 1.59. The monoisotopic (exact) mass is 488 g/mol. The van der Waals surface area contributed by atoms with E-state index in [2.05, 4.69) is 5.32 Å². The number of morpholine rings is 1. The highest BCUT2D eigenvalue weighted by Gasteiger charge is 2.32. The molecular weight excluding hydrogens is 452 g/mol. The molecule has 3 unspecified atom stereocenters. The minimum absolute atomic E-state index is 0.0692. The van der Waals surface area contributed by atoms with Crippen molar-refractivity contribution < 1.29 is 22.7 Å². The molecule has 2 aromatic carbocycles. The lowest BCUT2D eigenvalue weighted by atomic mass is 10.1. The van der Waals surface area contributed by atoms with Crippen molar-refractivity contribution in [1.82, 2.24) is 9.62 Å². The molecule has 186 valence electrons. The van der Waals surface area contributed by atoms with Gasteiger partial charge in [-0.2, -0.15) is 4.31 Å². The molecule has 0 saturated carbocycles. The van der Waals surface area contributed by atoms with E-state index in [4.69, 9.17) is 9.47 Å². The third-order valence-electron chi connectivity index (χ3n) is 5.66. The number of carbonyl (C=O) groups is 1. The lowest BCUT2D eigenvalue weighted by molar-refractivity contribution is -0.0440. The quantitative estimate of drug-likeness (QED) is 0.576. The second kappa shape index (κ2) is 11.3. The molecule has 34 heavy (non-hydrogen) atoms. The first-order chi connectivity index (χ1) is 16.0. The van der Waals surface area contributed by atoms with Gasteiger partial charge in [0.2, 0.25) is 10.0 Å². The van der Waals surface area contributed by atoms with Crippen LogP contribution in [0.1, 0.15) is 57.0 Å². The van der Waals surface area contributed by atoms with Gasteiger partial charge >= 0.3 is 0 Å². The van der Waals surface area contributed by atoms with Gasteiger partial charge in [-0.3, -0.25) is 4.79 Å². The van der Waals surface area contributed by atoms with Gasteiger partial charge in [0.25, 0.3) is 5.91 Å². The number of hydrogen-bond donors (Lipinski definition) is 1. The predicted octanol–water partition coefficient (Wildman–Crippen LogP) is 4.02. The predicted molar refractivity (Wildman–Crippen MR) is 133 cm³/mol. The zero-order valence-corrected chi connectivity index (χ0v) is 21.5. The summed E-state index contributed by atoms with van der Waals surface area (Å²) >= 11 is 0. The molecule has 1 N–H and O–H groups in total. The van der Waals surface area contributed by atoms with Crippen molar-refractivity contribution in [3.05, 3.63) is 59.7 Å². The summed E-state index contributed by atoms with van der Waals surface area (Å²) in [6.07, 6.45) is 1.35. The minimum atomic E-state index is -3.71. The Labute approximate surface area is 203 Å². The van der Waals surface area contributed by atoms with Gasteiger partial charge in [-0.1, -0.05) is 18.2 Å². The van der Waals surface area contributed by atoms with Crippen LogP contribution in [0.3, 0.4) is 0 Å². The second-order valence-electron chi connectivity index (χ2n) is 9.33. The number of rotatable bonds is 9. The molecule has 7 nitrogen and oxygen atoms in total. The highest BCUT2D eigenvalue weighted by atomic mass is 32.2. The van der Waals surface area contributed by atoms with E-state index in [0.717, 1.165) is 18.6 Å². The summed E-state index contributed by atoms with van der Waals surface area (Å²) in [6.45, 7) is 10.2. The molecule has 1 fully saturated rings.